The van der Waals surface area contributed by atoms with E-state index in [1.165, 1.54) is 0 Å². The lowest BCUT2D eigenvalue weighted by molar-refractivity contribution is 0.0905. The number of amides is 1. The Balaban J connectivity index is 1.54. The molecule has 2 fully saturated rings. The van der Waals surface area contributed by atoms with Crippen molar-refractivity contribution in [2.24, 2.45) is 0 Å². The third-order valence-electron chi connectivity index (χ3n) is 5.00. The Labute approximate surface area is 149 Å². The van der Waals surface area contributed by atoms with Gasteiger partial charge in [0.2, 0.25) is 10.0 Å². The number of carbonyl (C=O) groups is 1. The van der Waals surface area contributed by atoms with E-state index in [2.05, 4.69) is 10.5 Å². The van der Waals surface area contributed by atoms with Gasteiger partial charge in [0.05, 0.1) is 5.75 Å². The topological polar surface area (TPSA) is 92.5 Å². The van der Waals surface area contributed by atoms with Crippen LogP contribution in [0.2, 0.25) is 0 Å². The molecule has 0 bridgehead atoms. The average molecular weight is 369 g/mol. The maximum Gasteiger partial charge on any atom is 0.273 e. The van der Waals surface area contributed by atoms with Crippen LogP contribution in [0.3, 0.4) is 0 Å². The molecular formula is C17H27N3O4S. The predicted octanol–water partition coefficient (Wildman–Crippen LogP) is 2.26. The molecule has 3 rings (SSSR count). The van der Waals surface area contributed by atoms with Gasteiger partial charge < -0.3 is 9.84 Å². The second kappa shape index (κ2) is 7.45. The van der Waals surface area contributed by atoms with Crippen LogP contribution in [-0.2, 0) is 10.0 Å². The first-order valence-electron chi connectivity index (χ1n) is 9.17. The Morgan fingerprint density at radius 3 is 2.80 bits per heavy atom. The highest BCUT2D eigenvalue weighted by Crippen LogP contribution is 2.40. The standard InChI is InChI=1S/C17H27N3O4S/c1-3-4-9-25(22,23)20-8-7-14(10-12(20)2)18-17(21)15-11-16(24-19-15)13-5-6-13/h11-14H,3-10H2,1-2H3,(H,18,21)/t12-,14-/m0/s1. The zero-order chi connectivity index (χ0) is 18.0. The highest BCUT2D eigenvalue weighted by Gasteiger charge is 2.34. The first kappa shape index (κ1) is 18.4. The number of aromatic nitrogens is 1. The highest BCUT2D eigenvalue weighted by atomic mass is 32.2. The fraction of sp³-hybridized carbons (Fsp3) is 0.765. The number of rotatable bonds is 7. The molecule has 1 saturated carbocycles. The van der Waals surface area contributed by atoms with Crippen LogP contribution in [0, 0.1) is 0 Å². The molecule has 1 aromatic heterocycles. The molecule has 1 aliphatic carbocycles. The number of sulfonamides is 1. The first-order valence-corrected chi connectivity index (χ1v) is 10.8. The lowest BCUT2D eigenvalue weighted by Crippen LogP contribution is -2.51. The molecule has 1 saturated heterocycles. The van der Waals surface area contributed by atoms with Crippen molar-refractivity contribution in [1.82, 2.24) is 14.8 Å². The summed E-state index contributed by atoms with van der Waals surface area (Å²) < 4.78 is 31.6. The quantitative estimate of drug-likeness (QED) is 0.796. The summed E-state index contributed by atoms with van der Waals surface area (Å²) in [7, 11) is -3.20. The van der Waals surface area contributed by atoms with E-state index in [0.717, 1.165) is 25.0 Å². The normalized spacial score (nSPS) is 25.0. The lowest BCUT2D eigenvalue weighted by Gasteiger charge is -2.36. The van der Waals surface area contributed by atoms with Gasteiger partial charge in [0.15, 0.2) is 5.69 Å². The zero-order valence-electron chi connectivity index (χ0n) is 14.9. The van der Waals surface area contributed by atoms with E-state index in [4.69, 9.17) is 4.52 Å². The molecule has 140 valence electrons. The van der Waals surface area contributed by atoms with Crippen molar-refractivity contribution < 1.29 is 17.7 Å². The number of nitrogens with one attached hydrogen (secondary N) is 1. The van der Waals surface area contributed by atoms with Gasteiger partial charge in [0.1, 0.15) is 5.76 Å². The Morgan fingerprint density at radius 1 is 1.40 bits per heavy atom. The van der Waals surface area contributed by atoms with Gasteiger partial charge in [0, 0.05) is 30.6 Å². The summed E-state index contributed by atoms with van der Waals surface area (Å²) in [6.07, 6.45) is 4.97. The molecule has 25 heavy (non-hydrogen) atoms. The van der Waals surface area contributed by atoms with Crippen LogP contribution in [0.15, 0.2) is 10.6 Å². The van der Waals surface area contributed by atoms with Gasteiger partial charge >= 0.3 is 0 Å². The predicted molar refractivity (Wildman–Crippen MR) is 93.8 cm³/mol. The highest BCUT2D eigenvalue weighted by molar-refractivity contribution is 7.89. The van der Waals surface area contributed by atoms with Crippen molar-refractivity contribution in [3.8, 4) is 0 Å². The molecule has 2 atom stereocenters. The third-order valence-corrected chi connectivity index (χ3v) is 7.07. The van der Waals surface area contributed by atoms with Gasteiger partial charge in [-0.1, -0.05) is 18.5 Å². The minimum atomic E-state index is -3.20. The summed E-state index contributed by atoms with van der Waals surface area (Å²) >= 11 is 0. The number of nitrogens with zero attached hydrogens (tertiary/aromatic N) is 2. The molecule has 2 aliphatic rings. The zero-order valence-corrected chi connectivity index (χ0v) is 15.7. The third kappa shape index (κ3) is 4.41. The minimum Gasteiger partial charge on any atom is -0.360 e. The van der Waals surface area contributed by atoms with Gasteiger partial charge in [-0.05, 0) is 39.0 Å². The van der Waals surface area contributed by atoms with Crippen LogP contribution in [0.5, 0.6) is 0 Å². The van der Waals surface area contributed by atoms with Crippen LogP contribution >= 0.6 is 0 Å². The Hall–Kier alpha value is -1.41. The van der Waals surface area contributed by atoms with E-state index in [1.807, 2.05) is 13.8 Å². The second-order valence-electron chi connectivity index (χ2n) is 7.21. The van der Waals surface area contributed by atoms with Crippen molar-refractivity contribution >= 4 is 15.9 Å². The van der Waals surface area contributed by atoms with E-state index in [9.17, 15) is 13.2 Å². The molecule has 1 aromatic rings. The lowest BCUT2D eigenvalue weighted by atomic mass is 10.0. The number of hydrogen-bond donors (Lipinski definition) is 1. The maximum absolute atomic E-state index is 12.4. The Kier molecular flexibility index (Phi) is 5.48. The second-order valence-corrected chi connectivity index (χ2v) is 9.25. The molecule has 1 aliphatic heterocycles. The summed E-state index contributed by atoms with van der Waals surface area (Å²) in [4.78, 5) is 12.3. The fourth-order valence-corrected chi connectivity index (χ4v) is 5.26. The number of hydrogen-bond acceptors (Lipinski definition) is 5. The van der Waals surface area contributed by atoms with Crippen molar-refractivity contribution in [3.05, 3.63) is 17.5 Å². The molecule has 2 heterocycles. The van der Waals surface area contributed by atoms with Gasteiger partial charge in [-0.15, -0.1) is 0 Å². The molecule has 0 aromatic carbocycles. The molecule has 1 amide bonds. The van der Waals surface area contributed by atoms with Gasteiger partial charge in [-0.25, -0.2) is 8.42 Å². The molecule has 0 spiro atoms. The largest absolute Gasteiger partial charge is 0.360 e. The number of unbranched alkanes of at least 4 members (excludes halogenated alkanes) is 1. The maximum atomic E-state index is 12.4. The summed E-state index contributed by atoms with van der Waals surface area (Å²) in [5.41, 5.74) is 0.313. The minimum absolute atomic E-state index is 0.0406. The van der Waals surface area contributed by atoms with Gasteiger partial charge in [0.25, 0.3) is 5.91 Å². The first-order chi connectivity index (χ1) is 11.9. The van der Waals surface area contributed by atoms with Crippen LogP contribution in [0.25, 0.3) is 0 Å². The van der Waals surface area contributed by atoms with E-state index >= 15 is 0 Å². The van der Waals surface area contributed by atoms with E-state index < -0.39 is 10.0 Å². The Bertz CT molecular complexity index is 711. The smallest absolute Gasteiger partial charge is 0.273 e. The Morgan fingerprint density at radius 2 is 2.16 bits per heavy atom. The molecular weight excluding hydrogens is 342 g/mol. The summed E-state index contributed by atoms with van der Waals surface area (Å²) in [5, 5.41) is 6.83. The van der Waals surface area contributed by atoms with Crippen LogP contribution < -0.4 is 5.32 Å². The van der Waals surface area contributed by atoms with E-state index in [1.54, 1.807) is 10.4 Å². The number of piperidine rings is 1. The van der Waals surface area contributed by atoms with Gasteiger partial charge in [-0.2, -0.15) is 4.31 Å². The summed E-state index contributed by atoms with van der Waals surface area (Å²) in [6, 6.07) is 1.57. The van der Waals surface area contributed by atoms with Crippen molar-refractivity contribution in [3.63, 3.8) is 0 Å². The summed E-state index contributed by atoms with van der Waals surface area (Å²) in [6.45, 7) is 4.34. The fourth-order valence-electron chi connectivity index (χ4n) is 3.35. The van der Waals surface area contributed by atoms with Crippen LogP contribution in [-0.4, -0.2) is 48.2 Å². The molecule has 0 radical (unpaired) electrons. The van der Waals surface area contributed by atoms with Crippen molar-refractivity contribution in [2.45, 2.75) is 70.4 Å². The van der Waals surface area contributed by atoms with Crippen molar-refractivity contribution in [1.29, 1.82) is 0 Å². The van der Waals surface area contributed by atoms with Gasteiger partial charge in [-0.3, -0.25) is 4.79 Å². The molecule has 8 heteroatoms. The van der Waals surface area contributed by atoms with Crippen molar-refractivity contribution in [2.75, 3.05) is 12.3 Å². The SMILES string of the molecule is CCCCS(=O)(=O)N1CC[C@H](NC(=O)c2cc(C3CC3)on2)C[C@@H]1C. The van der Waals surface area contributed by atoms with Crippen LogP contribution in [0.1, 0.15) is 74.5 Å². The molecule has 7 nitrogen and oxygen atoms in total. The average Bonchev–Trinajstić information content (AvgIpc) is 3.29. The van der Waals surface area contributed by atoms with E-state index in [0.29, 0.717) is 37.4 Å². The monoisotopic (exact) mass is 369 g/mol. The summed E-state index contributed by atoms with van der Waals surface area (Å²) in [5.74, 6) is 1.17. The molecule has 1 N–H and O–H groups in total. The van der Waals surface area contributed by atoms with E-state index in [-0.39, 0.29) is 23.7 Å². The van der Waals surface area contributed by atoms with Crippen LogP contribution in [0.4, 0.5) is 0 Å². The number of carbonyl (C=O) groups excluding carboxylic acids is 1. The molecule has 0 unspecified atom stereocenters.